The van der Waals surface area contributed by atoms with Crippen LogP contribution < -0.4 is 0 Å². The van der Waals surface area contributed by atoms with Gasteiger partial charge in [-0.2, -0.15) is 0 Å². The smallest absolute Gasteiger partial charge is 0.304 e. The second-order valence-corrected chi connectivity index (χ2v) is 5.24. The summed E-state index contributed by atoms with van der Waals surface area (Å²) in [6.07, 6.45) is 5.88. The van der Waals surface area contributed by atoms with Crippen molar-refractivity contribution in [2.24, 2.45) is 0 Å². The molecule has 1 N–H and O–H groups in total. The van der Waals surface area contributed by atoms with Crippen LogP contribution in [0.3, 0.4) is 0 Å². The van der Waals surface area contributed by atoms with Crippen LogP contribution in [0.4, 0.5) is 0 Å². The first kappa shape index (κ1) is 12.0. The summed E-state index contributed by atoms with van der Waals surface area (Å²) >= 11 is 0. The van der Waals surface area contributed by atoms with Gasteiger partial charge in [-0.3, -0.25) is 4.79 Å². The van der Waals surface area contributed by atoms with E-state index in [0.717, 1.165) is 29.9 Å². The predicted molar refractivity (Wildman–Crippen MR) is 71.5 cm³/mol. The number of rotatable bonds is 4. The van der Waals surface area contributed by atoms with Gasteiger partial charge in [0.05, 0.1) is 6.42 Å². The monoisotopic (exact) mass is 256 g/mol. The van der Waals surface area contributed by atoms with E-state index in [4.69, 9.17) is 5.11 Å². The third kappa shape index (κ3) is 2.14. The fourth-order valence-electron chi connectivity index (χ4n) is 2.63. The Hall–Kier alpha value is -2.10. The molecule has 98 valence electrons. The van der Waals surface area contributed by atoms with Crippen molar-refractivity contribution in [3.8, 4) is 5.69 Å². The van der Waals surface area contributed by atoms with E-state index >= 15 is 0 Å². The lowest BCUT2D eigenvalue weighted by Gasteiger charge is -2.14. The molecule has 4 nitrogen and oxygen atoms in total. The number of aryl methyl sites for hydroxylation is 1. The van der Waals surface area contributed by atoms with Crippen molar-refractivity contribution in [1.82, 2.24) is 9.55 Å². The van der Waals surface area contributed by atoms with Crippen LogP contribution in [0.1, 0.15) is 30.7 Å². The Labute approximate surface area is 111 Å². The minimum atomic E-state index is -0.716. The van der Waals surface area contributed by atoms with Gasteiger partial charge in [0.15, 0.2) is 0 Å². The van der Waals surface area contributed by atoms with Crippen molar-refractivity contribution in [3.63, 3.8) is 0 Å². The van der Waals surface area contributed by atoms with Crippen molar-refractivity contribution in [2.75, 3.05) is 0 Å². The molecular formula is C15H16N2O2. The number of aliphatic carboxylic acids is 1. The Morgan fingerprint density at radius 3 is 2.53 bits per heavy atom. The molecular weight excluding hydrogens is 240 g/mol. The van der Waals surface area contributed by atoms with Gasteiger partial charge < -0.3 is 9.67 Å². The quantitative estimate of drug-likeness (QED) is 0.915. The average Bonchev–Trinajstić information content (AvgIpc) is 3.02. The number of hydrogen-bond acceptors (Lipinski definition) is 2. The van der Waals surface area contributed by atoms with Crippen LogP contribution in [0, 0.1) is 6.92 Å². The highest BCUT2D eigenvalue weighted by molar-refractivity contribution is 5.70. The number of imidazole rings is 1. The molecule has 1 aromatic heterocycles. The summed E-state index contributed by atoms with van der Waals surface area (Å²) in [6.45, 7) is 1.96. The topological polar surface area (TPSA) is 55.1 Å². The van der Waals surface area contributed by atoms with E-state index in [2.05, 4.69) is 4.98 Å². The van der Waals surface area contributed by atoms with E-state index in [0.29, 0.717) is 0 Å². The minimum Gasteiger partial charge on any atom is -0.481 e. The Morgan fingerprint density at radius 1 is 1.37 bits per heavy atom. The molecule has 1 fully saturated rings. The second kappa shape index (κ2) is 4.23. The summed E-state index contributed by atoms with van der Waals surface area (Å²) in [4.78, 5) is 15.1. The lowest BCUT2D eigenvalue weighted by atomic mass is 9.92. The van der Waals surface area contributed by atoms with Crippen LogP contribution in [-0.4, -0.2) is 20.6 Å². The van der Waals surface area contributed by atoms with Crippen LogP contribution in [0.15, 0.2) is 36.7 Å². The van der Waals surface area contributed by atoms with Crippen molar-refractivity contribution in [1.29, 1.82) is 0 Å². The third-order valence-electron chi connectivity index (χ3n) is 3.93. The van der Waals surface area contributed by atoms with Gasteiger partial charge >= 0.3 is 5.97 Å². The number of nitrogens with zero attached hydrogens (tertiary/aromatic N) is 2. The molecule has 4 heteroatoms. The maximum absolute atomic E-state index is 10.9. The molecule has 0 saturated heterocycles. The predicted octanol–water partition coefficient (Wildman–Crippen LogP) is 2.69. The summed E-state index contributed by atoms with van der Waals surface area (Å²) in [7, 11) is 0. The van der Waals surface area contributed by atoms with Gasteiger partial charge in [-0.25, -0.2) is 4.98 Å². The second-order valence-electron chi connectivity index (χ2n) is 5.24. The molecule has 1 aliphatic carbocycles. The van der Waals surface area contributed by atoms with E-state index in [1.807, 2.05) is 42.0 Å². The van der Waals surface area contributed by atoms with Crippen LogP contribution in [0.5, 0.6) is 0 Å². The summed E-state index contributed by atoms with van der Waals surface area (Å²) < 4.78 is 2.01. The molecule has 0 unspecified atom stereocenters. The third-order valence-corrected chi connectivity index (χ3v) is 3.93. The Kier molecular flexibility index (Phi) is 2.66. The van der Waals surface area contributed by atoms with Gasteiger partial charge in [0.2, 0.25) is 0 Å². The van der Waals surface area contributed by atoms with Crippen LogP contribution in [0.25, 0.3) is 5.69 Å². The molecule has 0 bridgehead atoms. The lowest BCUT2D eigenvalue weighted by molar-refractivity contribution is -0.137. The number of hydrogen-bond donors (Lipinski definition) is 1. The highest BCUT2D eigenvalue weighted by atomic mass is 16.4. The van der Waals surface area contributed by atoms with E-state index in [1.54, 1.807) is 6.20 Å². The molecule has 0 spiro atoms. The van der Waals surface area contributed by atoms with E-state index in [1.165, 1.54) is 0 Å². The first-order valence-corrected chi connectivity index (χ1v) is 6.43. The maximum atomic E-state index is 10.9. The van der Waals surface area contributed by atoms with Gasteiger partial charge in [-0.1, -0.05) is 12.1 Å². The fourth-order valence-corrected chi connectivity index (χ4v) is 2.63. The van der Waals surface area contributed by atoms with Gasteiger partial charge in [0.25, 0.3) is 0 Å². The normalized spacial score (nSPS) is 16.3. The van der Waals surface area contributed by atoms with Crippen molar-refractivity contribution >= 4 is 5.97 Å². The molecule has 0 aliphatic heterocycles. The van der Waals surface area contributed by atoms with Gasteiger partial charge in [-0.05, 0) is 37.5 Å². The molecule has 2 aromatic rings. The number of aromatic nitrogens is 2. The number of carboxylic acids is 1. The number of carboxylic acid groups (broad SMARTS) is 1. The zero-order chi connectivity index (χ0) is 13.5. The number of carbonyl (C=O) groups is 1. The van der Waals surface area contributed by atoms with Crippen LogP contribution in [0.2, 0.25) is 0 Å². The van der Waals surface area contributed by atoms with Crippen molar-refractivity contribution in [3.05, 3.63) is 48.0 Å². The first-order chi connectivity index (χ1) is 9.11. The maximum Gasteiger partial charge on any atom is 0.304 e. The Morgan fingerprint density at radius 2 is 2.05 bits per heavy atom. The summed E-state index contributed by atoms with van der Waals surface area (Å²) in [5.74, 6) is 0.228. The average molecular weight is 256 g/mol. The van der Waals surface area contributed by atoms with Crippen molar-refractivity contribution in [2.45, 2.75) is 31.6 Å². The molecule has 19 heavy (non-hydrogen) atoms. The zero-order valence-corrected chi connectivity index (χ0v) is 10.8. The molecule has 0 amide bonds. The molecule has 1 heterocycles. The Bertz CT molecular complexity index is 609. The molecule has 3 rings (SSSR count). The lowest BCUT2D eigenvalue weighted by Crippen LogP contribution is -2.12. The largest absolute Gasteiger partial charge is 0.481 e. The molecule has 1 saturated carbocycles. The van der Waals surface area contributed by atoms with E-state index < -0.39 is 5.97 Å². The Balaban J connectivity index is 1.88. The standard InChI is InChI=1S/C15H16N2O2/c1-11-16-8-9-17(11)13-4-2-12(3-5-13)15(6-7-15)10-14(18)19/h2-5,8-9H,6-7,10H2,1H3,(H,18,19). The fraction of sp³-hybridized carbons (Fsp3) is 0.333. The molecule has 1 aromatic carbocycles. The van der Waals surface area contributed by atoms with Gasteiger partial charge in [0.1, 0.15) is 5.82 Å². The van der Waals surface area contributed by atoms with Crippen molar-refractivity contribution < 1.29 is 9.90 Å². The minimum absolute atomic E-state index is 0.117. The highest BCUT2D eigenvalue weighted by Crippen LogP contribution is 2.51. The SMILES string of the molecule is Cc1nccn1-c1ccc(C2(CC(=O)O)CC2)cc1. The summed E-state index contributed by atoms with van der Waals surface area (Å²) in [6, 6.07) is 8.16. The van der Waals surface area contributed by atoms with Crippen LogP contribution in [-0.2, 0) is 10.2 Å². The molecule has 0 atom stereocenters. The van der Waals surface area contributed by atoms with E-state index in [9.17, 15) is 4.79 Å². The summed E-state index contributed by atoms with van der Waals surface area (Å²) in [5.41, 5.74) is 2.08. The van der Waals surface area contributed by atoms with Gasteiger partial charge in [-0.15, -0.1) is 0 Å². The highest BCUT2D eigenvalue weighted by Gasteiger charge is 2.45. The zero-order valence-electron chi connectivity index (χ0n) is 10.8. The number of benzene rings is 1. The van der Waals surface area contributed by atoms with Crippen LogP contribution >= 0.6 is 0 Å². The first-order valence-electron chi connectivity index (χ1n) is 6.43. The molecule has 1 aliphatic rings. The summed E-state index contributed by atoms with van der Waals surface area (Å²) in [5, 5.41) is 8.98. The molecule has 0 radical (unpaired) electrons. The van der Waals surface area contributed by atoms with E-state index in [-0.39, 0.29) is 11.8 Å². The van der Waals surface area contributed by atoms with Gasteiger partial charge in [0, 0.05) is 23.5 Å².